The minimum atomic E-state index is -0.158. The zero-order valence-electron chi connectivity index (χ0n) is 15.9. The normalized spacial score (nSPS) is 19.7. The van der Waals surface area contributed by atoms with Gasteiger partial charge in [-0.25, -0.2) is 0 Å². The van der Waals surface area contributed by atoms with Crippen molar-refractivity contribution in [2.45, 2.75) is 44.8 Å². The molecule has 0 aliphatic carbocycles. The van der Waals surface area contributed by atoms with Crippen LogP contribution in [0.4, 0.5) is 0 Å². The Morgan fingerprint density at radius 1 is 1.35 bits per heavy atom. The third-order valence-corrected chi connectivity index (χ3v) is 5.74. The standard InChI is InChI=1S/C18H30N4O2S.HI/c1-4-19-17(22-13-18(3)8-5-12-25-18)21-10-6-9-20-16(23)15-14(2)7-11-24-15;/h7,11H,4-6,8-10,12-13H2,1-3H3,(H,20,23)(H2,19,21,22);1H. The van der Waals surface area contributed by atoms with Crippen molar-refractivity contribution in [3.05, 3.63) is 23.7 Å². The Kier molecular flexibility index (Phi) is 10.4. The maximum Gasteiger partial charge on any atom is 0.287 e. The molecule has 2 rings (SSSR count). The highest BCUT2D eigenvalue weighted by Crippen LogP contribution is 2.37. The van der Waals surface area contributed by atoms with E-state index in [4.69, 9.17) is 9.41 Å². The molecule has 148 valence electrons. The van der Waals surface area contributed by atoms with E-state index in [1.807, 2.05) is 18.7 Å². The van der Waals surface area contributed by atoms with E-state index in [1.165, 1.54) is 24.9 Å². The van der Waals surface area contributed by atoms with Gasteiger partial charge < -0.3 is 20.4 Å². The molecule has 1 aromatic rings. The van der Waals surface area contributed by atoms with E-state index in [-0.39, 0.29) is 34.6 Å². The molecule has 8 heteroatoms. The summed E-state index contributed by atoms with van der Waals surface area (Å²) in [7, 11) is 0. The van der Waals surface area contributed by atoms with Gasteiger partial charge in [0.05, 0.1) is 12.8 Å². The van der Waals surface area contributed by atoms with Gasteiger partial charge in [0.1, 0.15) is 0 Å². The zero-order valence-corrected chi connectivity index (χ0v) is 19.0. The van der Waals surface area contributed by atoms with Crippen LogP contribution in [0, 0.1) is 6.92 Å². The van der Waals surface area contributed by atoms with Crippen molar-refractivity contribution >= 4 is 47.6 Å². The monoisotopic (exact) mass is 494 g/mol. The molecule has 1 aliphatic rings. The minimum absolute atomic E-state index is 0. The first kappa shape index (κ1) is 23.1. The molecule has 1 unspecified atom stereocenters. The summed E-state index contributed by atoms with van der Waals surface area (Å²) in [5.74, 6) is 2.33. The molecule has 0 bridgehead atoms. The number of hydrogen-bond donors (Lipinski definition) is 3. The highest BCUT2D eigenvalue weighted by Gasteiger charge is 2.29. The number of carbonyl (C=O) groups is 1. The molecule has 2 heterocycles. The van der Waals surface area contributed by atoms with Gasteiger partial charge in [0, 0.05) is 29.9 Å². The Balaban J connectivity index is 0.00000338. The van der Waals surface area contributed by atoms with Crippen LogP contribution in [0.5, 0.6) is 0 Å². The summed E-state index contributed by atoms with van der Waals surface area (Å²) in [5.41, 5.74) is 0.857. The Morgan fingerprint density at radius 2 is 2.12 bits per heavy atom. The fraction of sp³-hybridized carbons (Fsp3) is 0.667. The largest absolute Gasteiger partial charge is 0.459 e. The molecule has 0 aromatic carbocycles. The summed E-state index contributed by atoms with van der Waals surface area (Å²) in [6.07, 6.45) is 4.88. The Hall–Kier alpha value is -0.900. The Labute approximate surface area is 177 Å². The van der Waals surface area contributed by atoms with Gasteiger partial charge in [0.2, 0.25) is 0 Å². The summed E-state index contributed by atoms with van der Waals surface area (Å²) in [4.78, 5) is 16.7. The fourth-order valence-corrected chi connectivity index (χ4v) is 3.96. The van der Waals surface area contributed by atoms with Gasteiger partial charge >= 0.3 is 0 Å². The lowest BCUT2D eigenvalue weighted by Gasteiger charge is -2.21. The molecule has 0 saturated carbocycles. The number of furan rings is 1. The van der Waals surface area contributed by atoms with E-state index in [2.05, 4.69) is 29.8 Å². The highest BCUT2D eigenvalue weighted by molar-refractivity contribution is 14.0. The molecule has 0 radical (unpaired) electrons. The smallest absolute Gasteiger partial charge is 0.287 e. The lowest BCUT2D eigenvalue weighted by atomic mass is 10.1. The lowest BCUT2D eigenvalue weighted by molar-refractivity contribution is 0.0925. The van der Waals surface area contributed by atoms with Crippen molar-refractivity contribution in [2.75, 3.05) is 31.9 Å². The van der Waals surface area contributed by atoms with Crippen LogP contribution in [0.15, 0.2) is 21.7 Å². The summed E-state index contributed by atoms with van der Waals surface area (Å²) >= 11 is 2.02. The SMILES string of the molecule is CCNC(=NCC1(C)CCCS1)NCCCNC(=O)c1occc1C.I. The molecule has 1 atom stereocenters. The van der Waals surface area contributed by atoms with E-state index in [9.17, 15) is 4.79 Å². The lowest BCUT2D eigenvalue weighted by Crippen LogP contribution is -2.39. The van der Waals surface area contributed by atoms with Gasteiger partial charge in [0.25, 0.3) is 5.91 Å². The summed E-state index contributed by atoms with van der Waals surface area (Å²) in [6, 6.07) is 1.79. The number of rotatable bonds is 8. The van der Waals surface area contributed by atoms with Crippen molar-refractivity contribution in [3.63, 3.8) is 0 Å². The molecule has 1 saturated heterocycles. The zero-order chi connectivity index (χ0) is 18.1. The van der Waals surface area contributed by atoms with Crippen LogP contribution in [0.3, 0.4) is 0 Å². The van der Waals surface area contributed by atoms with Gasteiger partial charge in [-0.3, -0.25) is 9.79 Å². The average molecular weight is 494 g/mol. The number of aliphatic imine (C=N–C) groups is 1. The van der Waals surface area contributed by atoms with Gasteiger partial charge in [-0.05, 0) is 51.9 Å². The van der Waals surface area contributed by atoms with Crippen LogP contribution in [0.25, 0.3) is 0 Å². The van der Waals surface area contributed by atoms with Crippen LogP contribution in [0.1, 0.15) is 49.2 Å². The molecule has 1 fully saturated rings. The summed E-state index contributed by atoms with van der Waals surface area (Å²) < 4.78 is 5.46. The second-order valence-electron chi connectivity index (χ2n) is 6.57. The first-order valence-electron chi connectivity index (χ1n) is 9.02. The molecule has 26 heavy (non-hydrogen) atoms. The third-order valence-electron chi connectivity index (χ3n) is 4.22. The molecule has 3 N–H and O–H groups in total. The van der Waals surface area contributed by atoms with E-state index in [0.29, 0.717) is 12.3 Å². The molecule has 6 nitrogen and oxygen atoms in total. The number of guanidine groups is 1. The number of carbonyl (C=O) groups excluding carboxylic acids is 1. The molecule has 1 amide bonds. The van der Waals surface area contributed by atoms with Gasteiger partial charge in [-0.15, -0.1) is 24.0 Å². The van der Waals surface area contributed by atoms with Crippen molar-refractivity contribution < 1.29 is 9.21 Å². The maximum atomic E-state index is 11.9. The van der Waals surface area contributed by atoms with Gasteiger partial charge in [-0.1, -0.05) is 0 Å². The van der Waals surface area contributed by atoms with Gasteiger partial charge in [0.15, 0.2) is 11.7 Å². The van der Waals surface area contributed by atoms with E-state index < -0.39 is 0 Å². The Morgan fingerprint density at radius 3 is 2.73 bits per heavy atom. The van der Waals surface area contributed by atoms with Crippen LogP contribution in [-0.4, -0.2) is 48.5 Å². The summed E-state index contributed by atoms with van der Waals surface area (Å²) in [6.45, 7) is 9.25. The van der Waals surface area contributed by atoms with Crippen LogP contribution >= 0.6 is 35.7 Å². The minimum Gasteiger partial charge on any atom is -0.459 e. The van der Waals surface area contributed by atoms with E-state index >= 15 is 0 Å². The highest BCUT2D eigenvalue weighted by atomic mass is 127. The van der Waals surface area contributed by atoms with Crippen LogP contribution in [0.2, 0.25) is 0 Å². The average Bonchev–Trinajstić information content (AvgIpc) is 3.21. The number of nitrogens with zero attached hydrogens (tertiary/aromatic N) is 1. The molecule has 1 aromatic heterocycles. The first-order chi connectivity index (χ1) is 12.0. The quantitative estimate of drug-likeness (QED) is 0.224. The van der Waals surface area contributed by atoms with Gasteiger partial charge in [-0.2, -0.15) is 11.8 Å². The first-order valence-corrected chi connectivity index (χ1v) is 10.0. The van der Waals surface area contributed by atoms with Crippen molar-refractivity contribution in [1.29, 1.82) is 0 Å². The van der Waals surface area contributed by atoms with Crippen molar-refractivity contribution in [1.82, 2.24) is 16.0 Å². The van der Waals surface area contributed by atoms with Crippen LogP contribution < -0.4 is 16.0 Å². The number of amides is 1. The number of aryl methyl sites for hydroxylation is 1. The van der Waals surface area contributed by atoms with Crippen molar-refractivity contribution in [2.24, 2.45) is 4.99 Å². The van der Waals surface area contributed by atoms with E-state index in [1.54, 1.807) is 6.07 Å². The molecular formula is C18H31IN4O2S. The fourth-order valence-electron chi connectivity index (χ4n) is 2.73. The predicted octanol–water partition coefficient (Wildman–Crippen LogP) is 3.17. The number of hydrogen-bond acceptors (Lipinski definition) is 4. The molecule has 1 aliphatic heterocycles. The number of halogens is 1. The number of thioether (sulfide) groups is 1. The van der Waals surface area contributed by atoms with E-state index in [0.717, 1.165) is 37.6 Å². The number of nitrogens with one attached hydrogen (secondary N) is 3. The van der Waals surface area contributed by atoms with Crippen molar-refractivity contribution in [3.8, 4) is 0 Å². The van der Waals surface area contributed by atoms with Crippen LogP contribution in [-0.2, 0) is 0 Å². The second-order valence-corrected chi connectivity index (χ2v) is 8.25. The summed E-state index contributed by atoms with van der Waals surface area (Å²) in [5, 5.41) is 9.50. The predicted molar refractivity (Wildman–Crippen MR) is 120 cm³/mol. The molecular weight excluding hydrogens is 463 g/mol. The molecule has 0 spiro atoms. The second kappa shape index (κ2) is 11.7. The maximum absolute atomic E-state index is 11.9. The Bertz CT molecular complexity index is 586. The third kappa shape index (κ3) is 7.38. The topological polar surface area (TPSA) is 78.7 Å².